The fraction of sp³-hybridized carbons (Fsp3) is 0.818. The van der Waals surface area contributed by atoms with E-state index < -0.39 is 0 Å². The zero-order valence-corrected chi connectivity index (χ0v) is 8.33. The Morgan fingerprint density at radius 1 is 1.46 bits per heavy atom. The molecule has 2 heteroatoms. The van der Waals surface area contributed by atoms with Gasteiger partial charge in [-0.2, -0.15) is 0 Å². The van der Waals surface area contributed by atoms with E-state index in [1.54, 1.807) is 0 Å². The summed E-state index contributed by atoms with van der Waals surface area (Å²) in [6.07, 6.45) is 9.09. The lowest BCUT2D eigenvalue weighted by molar-refractivity contribution is 0.0561. The van der Waals surface area contributed by atoms with Gasteiger partial charge in [-0.25, -0.2) is 0 Å². The molecule has 2 aliphatic rings. The minimum atomic E-state index is 0.314. The lowest BCUT2D eigenvalue weighted by Crippen LogP contribution is -2.12. The van der Waals surface area contributed by atoms with E-state index in [2.05, 4.69) is 13.0 Å². The van der Waals surface area contributed by atoms with Crippen molar-refractivity contribution in [3.63, 3.8) is 0 Å². The van der Waals surface area contributed by atoms with E-state index in [1.807, 2.05) is 0 Å². The van der Waals surface area contributed by atoms with E-state index in [4.69, 9.17) is 10.5 Å². The second-order valence-corrected chi connectivity index (χ2v) is 4.38. The third-order valence-corrected chi connectivity index (χ3v) is 3.06. The van der Waals surface area contributed by atoms with Gasteiger partial charge in [-0.05, 0) is 39.0 Å². The molecule has 2 N–H and O–H groups in total. The molecule has 0 bridgehead atoms. The third kappa shape index (κ3) is 2.32. The van der Waals surface area contributed by atoms with Gasteiger partial charge in [0.05, 0.1) is 12.2 Å². The van der Waals surface area contributed by atoms with Gasteiger partial charge in [0, 0.05) is 6.04 Å². The topological polar surface area (TPSA) is 35.2 Å². The number of hydrogen-bond acceptors (Lipinski definition) is 2. The van der Waals surface area contributed by atoms with Gasteiger partial charge in [-0.15, -0.1) is 0 Å². The van der Waals surface area contributed by atoms with Crippen LogP contribution in [0.15, 0.2) is 11.6 Å². The van der Waals surface area contributed by atoms with Crippen molar-refractivity contribution in [1.29, 1.82) is 0 Å². The second kappa shape index (κ2) is 3.81. The van der Waals surface area contributed by atoms with Gasteiger partial charge in [0.2, 0.25) is 0 Å². The van der Waals surface area contributed by atoms with Gasteiger partial charge in [0.15, 0.2) is 0 Å². The molecule has 2 rings (SSSR count). The Balaban J connectivity index is 1.81. The predicted molar refractivity (Wildman–Crippen MR) is 53.5 cm³/mol. The average molecular weight is 181 g/mol. The fourth-order valence-corrected chi connectivity index (χ4v) is 2.32. The monoisotopic (exact) mass is 181 g/mol. The van der Waals surface area contributed by atoms with Gasteiger partial charge in [-0.3, -0.25) is 0 Å². The lowest BCUT2D eigenvalue weighted by atomic mass is 10.1. The summed E-state index contributed by atoms with van der Waals surface area (Å²) in [5.41, 5.74) is 7.33. The summed E-state index contributed by atoms with van der Waals surface area (Å²) in [7, 11) is 0. The molecule has 2 nitrogen and oxygen atoms in total. The van der Waals surface area contributed by atoms with Crippen LogP contribution in [0.1, 0.15) is 39.0 Å². The molecule has 0 amide bonds. The maximum Gasteiger partial charge on any atom is 0.0616 e. The van der Waals surface area contributed by atoms with Crippen molar-refractivity contribution in [3.05, 3.63) is 11.6 Å². The minimum absolute atomic E-state index is 0.314. The van der Waals surface area contributed by atoms with Crippen LogP contribution in [0.2, 0.25) is 0 Å². The zero-order chi connectivity index (χ0) is 9.26. The Labute approximate surface area is 80.1 Å². The molecular weight excluding hydrogens is 162 g/mol. The zero-order valence-electron chi connectivity index (χ0n) is 8.33. The highest BCUT2D eigenvalue weighted by Crippen LogP contribution is 2.28. The van der Waals surface area contributed by atoms with Crippen LogP contribution >= 0.6 is 0 Å². The first-order chi connectivity index (χ1) is 6.24. The Morgan fingerprint density at radius 3 is 2.85 bits per heavy atom. The molecule has 1 fully saturated rings. The van der Waals surface area contributed by atoms with E-state index >= 15 is 0 Å². The van der Waals surface area contributed by atoms with Crippen LogP contribution in [0.5, 0.6) is 0 Å². The highest BCUT2D eigenvalue weighted by Gasteiger charge is 2.24. The number of rotatable bonds is 2. The van der Waals surface area contributed by atoms with Crippen LogP contribution in [0, 0.1) is 0 Å². The summed E-state index contributed by atoms with van der Waals surface area (Å²) in [5.74, 6) is 0. The molecule has 1 heterocycles. The number of nitrogens with two attached hydrogens (primary N) is 1. The predicted octanol–water partition coefficient (Wildman–Crippen LogP) is 1.99. The highest BCUT2D eigenvalue weighted by atomic mass is 16.5. The van der Waals surface area contributed by atoms with E-state index in [1.165, 1.54) is 24.8 Å². The lowest BCUT2D eigenvalue weighted by Gasteiger charge is -2.11. The summed E-state index contributed by atoms with van der Waals surface area (Å²) in [6, 6.07) is 0.314. The van der Waals surface area contributed by atoms with Crippen molar-refractivity contribution < 1.29 is 4.74 Å². The maximum atomic E-state index is 5.81. The van der Waals surface area contributed by atoms with Crippen molar-refractivity contribution >= 4 is 0 Å². The van der Waals surface area contributed by atoms with Crippen LogP contribution < -0.4 is 5.73 Å². The van der Waals surface area contributed by atoms with E-state index in [9.17, 15) is 0 Å². The van der Waals surface area contributed by atoms with Gasteiger partial charge in [-0.1, -0.05) is 11.6 Å². The molecule has 0 aromatic heterocycles. The molecule has 0 aromatic rings. The molecule has 1 aliphatic heterocycles. The van der Waals surface area contributed by atoms with Gasteiger partial charge in [0.1, 0.15) is 0 Å². The summed E-state index contributed by atoms with van der Waals surface area (Å²) < 4.78 is 5.78. The van der Waals surface area contributed by atoms with Crippen LogP contribution in [0.25, 0.3) is 0 Å². The Morgan fingerprint density at radius 2 is 2.31 bits per heavy atom. The first kappa shape index (κ1) is 9.22. The van der Waals surface area contributed by atoms with Gasteiger partial charge < -0.3 is 10.5 Å². The van der Waals surface area contributed by atoms with Gasteiger partial charge >= 0.3 is 0 Å². The smallest absolute Gasteiger partial charge is 0.0616 e. The minimum Gasteiger partial charge on any atom is -0.375 e. The molecule has 0 spiro atoms. The van der Waals surface area contributed by atoms with E-state index in [0.29, 0.717) is 18.2 Å². The molecule has 74 valence electrons. The summed E-state index contributed by atoms with van der Waals surface area (Å²) >= 11 is 0. The van der Waals surface area contributed by atoms with Crippen LogP contribution in [0.3, 0.4) is 0 Å². The molecule has 0 aromatic carbocycles. The molecule has 3 atom stereocenters. The Kier molecular flexibility index (Phi) is 2.70. The number of ether oxygens (including phenoxy) is 1. The largest absolute Gasteiger partial charge is 0.375 e. The molecule has 1 aliphatic carbocycles. The van der Waals surface area contributed by atoms with Crippen molar-refractivity contribution in [3.8, 4) is 0 Å². The van der Waals surface area contributed by atoms with Gasteiger partial charge in [0.25, 0.3) is 0 Å². The quantitative estimate of drug-likeness (QED) is 0.661. The normalized spacial score (nSPS) is 39.5. The first-order valence-corrected chi connectivity index (χ1v) is 5.34. The summed E-state index contributed by atoms with van der Waals surface area (Å²) in [4.78, 5) is 0. The highest BCUT2D eigenvalue weighted by molar-refractivity contribution is 5.14. The first-order valence-electron chi connectivity index (χ1n) is 5.34. The fourth-order valence-electron chi connectivity index (χ4n) is 2.32. The second-order valence-electron chi connectivity index (χ2n) is 4.38. The molecule has 13 heavy (non-hydrogen) atoms. The standard InChI is InChI=1S/C11H19NO/c1-8-2-5-11(13-8)7-9-3-4-10(12)6-9/h6,8,10-11H,2-5,7,12H2,1H3. The third-order valence-electron chi connectivity index (χ3n) is 3.06. The SMILES string of the molecule is CC1CCC(CC2=CC(N)CC2)O1. The van der Waals surface area contributed by atoms with Crippen LogP contribution in [-0.2, 0) is 4.74 Å². The molecule has 3 unspecified atom stereocenters. The molecule has 0 radical (unpaired) electrons. The Hall–Kier alpha value is -0.340. The van der Waals surface area contributed by atoms with Crippen molar-refractivity contribution in [2.24, 2.45) is 5.73 Å². The van der Waals surface area contributed by atoms with Crippen molar-refractivity contribution in [2.45, 2.75) is 57.3 Å². The average Bonchev–Trinajstić information content (AvgIpc) is 2.62. The maximum absolute atomic E-state index is 5.81. The van der Waals surface area contributed by atoms with E-state index in [0.717, 1.165) is 12.8 Å². The summed E-state index contributed by atoms with van der Waals surface area (Å²) in [5, 5.41) is 0. The van der Waals surface area contributed by atoms with Crippen LogP contribution in [0.4, 0.5) is 0 Å². The number of hydrogen-bond donors (Lipinski definition) is 1. The van der Waals surface area contributed by atoms with Crippen molar-refractivity contribution in [2.75, 3.05) is 0 Å². The molecule has 1 saturated heterocycles. The molecular formula is C11H19NO. The van der Waals surface area contributed by atoms with Crippen LogP contribution in [-0.4, -0.2) is 18.2 Å². The Bertz CT molecular complexity index is 212. The molecule has 0 saturated carbocycles. The van der Waals surface area contributed by atoms with Crippen molar-refractivity contribution in [1.82, 2.24) is 0 Å². The van der Waals surface area contributed by atoms with E-state index in [-0.39, 0.29) is 0 Å². The summed E-state index contributed by atoms with van der Waals surface area (Å²) in [6.45, 7) is 2.16.